The molecule has 1 unspecified atom stereocenters. The molecular formula is C21H21F3O3. The summed E-state index contributed by atoms with van der Waals surface area (Å²) in [6.07, 6.45) is -2.86. The van der Waals surface area contributed by atoms with E-state index in [9.17, 15) is 22.8 Å². The maximum atomic E-state index is 12.7. The van der Waals surface area contributed by atoms with Crippen LogP contribution in [0.5, 0.6) is 0 Å². The Labute approximate surface area is 156 Å². The van der Waals surface area contributed by atoms with Gasteiger partial charge in [0.1, 0.15) is 5.78 Å². The first-order valence-electron chi connectivity index (χ1n) is 8.54. The van der Waals surface area contributed by atoms with Gasteiger partial charge in [0.25, 0.3) is 0 Å². The lowest BCUT2D eigenvalue weighted by Gasteiger charge is -2.17. The lowest BCUT2D eigenvalue weighted by Crippen LogP contribution is -2.08. The van der Waals surface area contributed by atoms with Crippen molar-refractivity contribution in [3.05, 3.63) is 70.8 Å². The molecule has 0 aliphatic rings. The number of aryl methyl sites for hydroxylation is 1. The molecule has 0 spiro atoms. The molecule has 2 rings (SSSR count). The highest BCUT2D eigenvalue weighted by Crippen LogP contribution is 2.32. The fourth-order valence-electron chi connectivity index (χ4n) is 2.94. The van der Waals surface area contributed by atoms with Crippen LogP contribution in [0.4, 0.5) is 13.2 Å². The molecule has 0 radical (unpaired) electrons. The van der Waals surface area contributed by atoms with Crippen molar-refractivity contribution < 1.29 is 27.5 Å². The standard InChI is InChI=1S/C21H21F3O3/c1-14(25)13-18(16-9-11-19(12-10-16)21(22,23)24)8-5-15-3-6-17(7-4-15)20(26)27-2/h3-4,6-7,9-12,18H,5,8,13H2,1-2H3. The molecule has 0 aliphatic heterocycles. The van der Waals surface area contributed by atoms with Gasteiger partial charge in [0.15, 0.2) is 0 Å². The van der Waals surface area contributed by atoms with Crippen LogP contribution in [-0.2, 0) is 22.1 Å². The lowest BCUT2D eigenvalue weighted by molar-refractivity contribution is -0.137. The maximum Gasteiger partial charge on any atom is 0.416 e. The van der Waals surface area contributed by atoms with Gasteiger partial charge < -0.3 is 9.53 Å². The minimum Gasteiger partial charge on any atom is -0.465 e. The topological polar surface area (TPSA) is 43.4 Å². The molecule has 0 saturated carbocycles. The van der Waals surface area contributed by atoms with Gasteiger partial charge >= 0.3 is 12.1 Å². The first-order valence-corrected chi connectivity index (χ1v) is 8.54. The molecule has 0 fully saturated rings. The quantitative estimate of drug-likeness (QED) is 0.623. The van der Waals surface area contributed by atoms with Gasteiger partial charge in [-0.25, -0.2) is 4.79 Å². The van der Waals surface area contributed by atoms with Gasteiger partial charge in [-0.1, -0.05) is 24.3 Å². The van der Waals surface area contributed by atoms with Crippen LogP contribution in [0, 0.1) is 0 Å². The van der Waals surface area contributed by atoms with Crippen molar-refractivity contribution in [2.75, 3.05) is 7.11 Å². The summed E-state index contributed by atoms with van der Waals surface area (Å²) in [4.78, 5) is 23.0. The van der Waals surface area contributed by atoms with E-state index in [1.807, 2.05) is 12.1 Å². The Morgan fingerprint density at radius 2 is 1.59 bits per heavy atom. The van der Waals surface area contributed by atoms with Gasteiger partial charge in [-0.2, -0.15) is 13.2 Å². The Morgan fingerprint density at radius 3 is 2.07 bits per heavy atom. The van der Waals surface area contributed by atoms with Crippen LogP contribution < -0.4 is 0 Å². The van der Waals surface area contributed by atoms with Gasteiger partial charge in [-0.05, 0) is 61.1 Å². The highest BCUT2D eigenvalue weighted by molar-refractivity contribution is 5.89. The predicted octanol–water partition coefficient (Wildman–Crippen LogP) is 5.19. The highest BCUT2D eigenvalue weighted by atomic mass is 19.4. The second-order valence-electron chi connectivity index (χ2n) is 6.45. The molecule has 0 saturated heterocycles. The van der Waals surface area contributed by atoms with Crippen LogP contribution in [-0.4, -0.2) is 18.9 Å². The lowest BCUT2D eigenvalue weighted by atomic mass is 9.88. The van der Waals surface area contributed by atoms with Crippen LogP contribution in [0.3, 0.4) is 0 Å². The molecule has 0 aliphatic carbocycles. The minimum atomic E-state index is -4.38. The predicted molar refractivity (Wildman–Crippen MR) is 95.6 cm³/mol. The normalized spacial score (nSPS) is 12.5. The zero-order chi connectivity index (χ0) is 20.0. The number of ketones is 1. The summed E-state index contributed by atoms with van der Waals surface area (Å²) in [5, 5.41) is 0. The van der Waals surface area contributed by atoms with E-state index in [1.165, 1.54) is 26.2 Å². The van der Waals surface area contributed by atoms with Crippen molar-refractivity contribution in [3.63, 3.8) is 0 Å². The Balaban J connectivity index is 2.10. The molecule has 6 heteroatoms. The summed E-state index contributed by atoms with van der Waals surface area (Å²) in [6, 6.07) is 11.9. The summed E-state index contributed by atoms with van der Waals surface area (Å²) < 4.78 is 42.8. The Kier molecular flexibility index (Phi) is 6.77. The number of benzene rings is 2. The van der Waals surface area contributed by atoms with E-state index >= 15 is 0 Å². The molecule has 0 amide bonds. The molecule has 0 bridgehead atoms. The monoisotopic (exact) mass is 378 g/mol. The number of rotatable bonds is 7. The third kappa shape index (κ3) is 5.94. The van der Waals surface area contributed by atoms with Gasteiger partial charge in [-0.15, -0.1) is 0 Å². The van der Waals surface area contributed by atoms with E-state index in [4.69, 9.17) is 0 Å². The van der Waals surface area contributed by atoms with Crippen LogP contribution >= 0.6 is 0 Å². The fourth-order valence-corrected chi connectivity index (χ4v) is 2.94. The summed E-state index contributed by atoms with van der Waals surface area (Å²) in [7, 11) is 1.31. The van der Waals surface area contributed by atoms with Crippen molar-refractivity contribution in [2.24, 2.45) is 0 Å². The van der Waals surface area contributed by atoms with E-state index in [-0.39, 0.29) is 18.1 Å². The van der Waals surface area contributed by atoms with Gasteiger partial charge in [-0.3, -0.25) is 0 Å². The smallest absolute Gasteiger partial charge is 0.416 e. The van der Waals surface area contributed by atoms with Crippen molar-refractivity contribution in [1.29, 1.82) is 0 Å². The molecule has 144 valence electrons. The number of carbonyl (C=O) groups excluding carboxylic acids is 2. The van der Waals surface area contributed by atoms with Gasteiger partial charge in [0.2, 0.25) is 0 Å². The van der Waals surface area contributed by atoms with Crippen molar-refractivity contribution in [3.8, 4) is 0 Å². The summed E-state index contributed by atoms with van der Waals surface area (Å²) in [5.74, 6) is -0.591. The molecule has 2 aromatic rings. The first-order chi connectivity index (χ1) is 12.7. The zero-order valence-electron chi connectivity index (χ0n) is 15.2. The number of alkyl halides is 3. The fraction of sp³-hybridized carbons (Fsp3) is 0.333. The third-order valence-corrected chi connectivity index (χ3v) is 4.40. The Hall–Kier alpha value is -2.63. The zero-order valence-corrected chi connectivity index (χ0v) is 15.2. The number of methoxy groups -OCH3 is 1. The molecule has 0 N–H and O–H groups in total. The van der Waals surface area contributed by atoms with E-state index < -0.39 is 17.7 Å². The van der Waals surface area contributed by atoms with Gasteiger partial charge in [0, 0.05) is 6.42 Å². The Morgan fingerprint density at radius 1 is 1.00 bits per heavy atom. The number of esters is 1. The summed E-state index contributed by atoms with van der Waals surface area (Å²) >= 11 is 0. The third-order valence-electron chi connectivity index (χ3n) is 4.40. The van der Waals surface area contributed by atoms with Crippen LogP contribution in [0.15, 0.2) is 48.5 Å². The number of carbonyl (C=O) groups is 2. The molecule has 0 aromatic heterocycles. The number of hydrogen-bond donors (Lipinski definition) is 0. The molecule has 1 atom stereocenters. The van der Waals surface area contributed by atoms with E-state index in [0.717, 1.165) is 17.7 Å². The molecule has 27 heavy (non-hydrogen) atoms. The van der Waals surface area contributed by atoms with E-state index in [1.54, 1.807) is 12.1 Å². The minimum absolute atomic E-state index is 0.0130. The molecule has 2 aromatic carbocycles. The molecule has 3 nitrogen and oxygen atoms in total. The van der Waals surface area contributed by atoms with Gasteiger partial charge in [0.05, 0.1) is 18.2 Å². The maximum absolute atomic E-state index is 12.7. The molecule has 0 heterocycles. The van der Waals surface area contributed by atoms with Crippen LogP contribution in [0.1, 0.15) is 52.7 Å². The van der Waals surface area contributed by atoms with Crippen molar-refractivity contribution in [1.82, 2.24) is 0 Å². The highest BCUT2D eigenvalue weighted by Gasteiger charge is 2.30. The van der Waals surface area contributed by atoms with E-state index in [0.29, 0.717) is 24.0 Å². The summed E-state index contributed by atoms with van der Waals surface area (Å²) in [5.41, 5.74) is 1.43. The van der Waals surface area contributed by atoms with Crippen LogP contribution in [0.25, 0.3) is 0 Å². The number of Topliss-reactive ketones (excluding diaryl/α,β-unsaturated/α-hetero) is 1. The van der Waals surface area contributed by atoms with Crippen LogP contribution in [0.2, 0.25) is 0 Å². The molecular weight excluding hydrogens is 357 g/mol. The number of halogens is 3. The SMILES string of the molecule is COC(=O)c1ccc(CCC(CC(C)=O)c2ccc(C(F)(F)F)cc2)cc1. The second kappa shape index (κ2) is 8.84. The second-order valence-corrected chi connectivity index (χ2v) is 6.45. The average Bonchev–Trinajstić information content (AvgIpc) is 2.64. The number of ether oxygens (including phenoxy) is 1. The van der Waals surface area contributed by atoms with Crippen molar-refractivity contribution >= 4 is 11.8 Å². The largest absolute Gasteiger partial charge is 0.465 e. The Bertz CT molecular complexity index is 778. The first kappa shape index (κ1) is 20.7. The van der Waals surface area contributed by atoms with Crippen molar-refractivity contribution in [2.45, 2.75) is 38.3 Å². The van der Waals surface area contributed by atoms with E-state index in [2.05, 4.69) is 4.74 Å². The average molecular weight is 378 g/mol. The summed E-state index contributed by atoms with van der Waals surface area (Å²) in [6.45, 7) is 1.47. The number of hydrogen-bond acceptors (Lipinski definition) is 3.